The minimum Gasteiger partial charge on any atom is -0.310 e. The zero-order valence-corrected chi connectivity index (χ0v) is 13.5. The number of halogens is 1. The molecule has 5 heteroatoms. The van der Waals surface area contributed by atoms with Gasteiger partial charge in [0, 0.05) is 15.7 Å². The van der Waals surface area contributed by atoms with Crippen LogP contribution in [0.5, 0.6) is 0 Å². The Morgan fingerprint density at radius 3 is 2.89 bits per heavy atom. The monoisotopic (exact) mass is 373 g/mol. The molecule has 2 rings (SSSR count). The number of nitrogens with one attached hydrogen (secondary N) is 1. The third-order valence-corrected chi connectivity index (χ3v) is 4.01. The van der Waals surface area contributed by atoms with E-state index in [4.69, 9.17) is 0 Å². The zero-order chi connectivity index (χ0) is 13.0. The Labute approximate surface area is 125 Å². The second-order valence-electron chi connectivity index (χ2n) is 4.54. The molecule has 0 saturated heterocycles. The van der Waals surface area contributed by atoms with Gasteiger partial charge in [-0.25, -0.2) is 0 Å². The predicted octanol–water partition coefficient (Wildman–Crippen LogP) is 3.56. The molecule has 3 nitrogen and oxygen atoms in total. The van der Waals surface area contributed by atoms with E-state index in [0.29, 0.717) is 5.92 Å². The van der Waals surface area contributed by atoms with Crippen molar-refractivity contribution >= 4 is 33.9 Å². The number of hydrogen-bond acceptors (Lipinski definition) is 4. The van der Waals surface area contributed by atoms with Gasteiger partial charge in [-0.1, -0.05) is 37.3 Å². The van der Waals surface area contributed by atoms with Crippen LogP contribution in [-0.2, 0) is 6.54 Å². The number of rotatable bonds is 5. The van der Waals surface area contributed by atoms with Crippen LogP contribution in [-0.4, -0.2) is 16.7 Å². The van der Waals surface area contributed by atoms with Crippen LogP contribution in [0.2, 0.25) is 0 Å². The van der Waals surface area contributed by atoms with Gasteiger partial charge in [0.1, 0.15) is 10.0 Å². The van der Waals surface area contributed by atoms with Gasteiger partial charge in [-0.15, -0.1) is 10.2 Å². The van der Waals surface area contributed by atoms with E-state index < -0.39 is 0 Å². The molecule has 96 valence electrons. The summed E-state index contributed by atoms with van der Waals surface area (Å²) < 4.78 is 1.22. The van der Waals surface area contributed by atoms with Crippen molar-refractivity contribution in [3.8, 4) is 10.6 Å². The van der Waals surface area contributed by atoms with Crippen LogP contribution in [0.25, 0.3) is 10.6 Å². The molecule has 2 aromatic rings. The van der Waals surface area contributed by atoms with E-state index in [1.54, 1.807) is 11.3 Å². The minimum absolute atomic E-state index is 0.660. The van der Waals surface area contributed by atoms with Gasteiger partial charge in [-0.2, -0.15) is 0 Å². The normalized spacial score (nSPS) is 11.1. The van der Waals surface area contributed by atoms with Crippen LogP contribution in [0, 0.1) is 9.49 Å². The standard InChI is InChI=1S/C13H16IN3S/c1-9(2)7-15-8-12-16-17-13(18-12)10-4-3-5-11(14)6-10/h3-6,9,15H,7-8H2,1-2H3. The largest absolute Gasteiger partial charge is 0.310 e. The zero-order valence-electron chi connectivity index (χ0n) is 10.5. The lowest BCUT2D eigenvalue weighted by Gasteiger charge is -2.03. The SMILES string of the molecule is CC(C)CNCc1nnc(-c2cccc(I)c2)s1. The van der Waals surface area contributed by atoms with Crippen LogP contribution in [0.3, 0.4) is 0 Å². The van der Waals surface area contributed by atoms with E-state index in [1.165, 1.54) is 3.57 Å². The van der Waals surface area contributed by atoms with Crippen LogP contribution < -0.4 is 5.32 Å². The molecule has 0 aliphatic rings. The maximum Gasteiger partial charge on any atom is 0.147 e. The lowest BCUT2D eigenvalue weighted by molar-refractivity contribution is 0.550. The fourth-order valence-electron chi connectivity index (χ4n) is 1.53. The molecule has 18 heavy (non-hydrogen) atoms. The Kier molecular flexibility index (Phi) is 5.08. The summed E-state index contributed by atoms with van der Waals surface area (Å²) in [5.74, 6) is 0.660. The van der Waals surface area contributed by atoms with Crippen molar-refractivity contribution < 1.29 is 0 Å². The molecule has 0 aliphatic carbocycles. The minimum atomic E-state index is 0.660. The van der Waals surface area contributed by atoms with E-state index in [2.05, 4.69) is 76.2 Å². The average molecular weight is 373 g/mol. The molecule has 0 unspecified atom stereocenters. The molecular weight excluding hydrogens is 357 g/mol. The quantitative estimate of drug-likeness (QED) is 0.815. The maximum absolute atomic E-state index is 4.25. The Morgan fingerprint density at radius 1 is 1.33 bits per heavy atom. The van der Waals surface area contributed by atoms with Crippen LogP contribution in [0.1, 0.15) is 18.9 Å². The van der Waals surface area contributed by atoms with Gasteiger partial charge in [-0.05, 0) is 47.2 Å². The maximum atomic E-state index is 4.25. The first-order valence-corrected chi connectivity index (χ1v) is 7.83. The Balaban J connectivity index is 2.02. The molecule has 0 aliphatic heterocycles. The summed E-state index contributed by atoms with van der Waals surface area (Å²) in [6.45, 7) is 6.22. The van der Waals surface area contributed by atoms with E-state index in [9.17, 15) is 0 Å². The number of benzene rings is 1. The van der Waals surface area contributed by atoms with Gasteiger partial charge in [0.25, 0.3) is 0 Å². The molecule has 0 bridgehead atoms. The molecule has 0 atom stereocenters. The summed E-state index contributed by atoms with van der Waals surface area (Å²) in [6, 6.07) is 8.34. The third kappa shape index (κ3) is 4.00. The van der Waals surface area contributed by atoms with Crippen molar-refractivity contribution in [3.63, 3.8) is 0 Å². The molecule has 0 saturated carbocycles. The number of nitrogens with zero attached hydrogens (tertiary/aromatic N) is 2. The molecule has 1 aromatic heterocycles. The highest BCUT2D eigenvalue weighted by Crippen LogP contribution is 2.24. The van der Waals surface area contributed by atoms with E-state index in [0.717, 1.165) is 28.7 Å². The van der Waals surface area contributed by atoms with Gasteiger partial charge in [0.15, 0.2) is 0 Å². The fraction of sp³-hybridized carbons (Fsp3) is 0.385. The molecule has 1 N–H and O–H groups in total. The van der Waals surface area contributed by atoms with Gasteiger partial charge in [0.05, 0.1) is 0 Å². The summed E-state index contributed by atoms with van der Waals surface area (Å²) in [5, 5.41) is 13.9. The summed E-state index contributed by atoms with van der Waals surface area (Å²) in [4.78, 5) is 0. The highest BCUT2D eigenvalue weighted by molar-refractivity contribution is 14.1. The molecule has 0 radical (unpaired) electrons. The summed E-state index contributed by atoms with van der Waals surface area (Å²) in [5.41, 5.74) is 1.15. The average Bonchev–Trinajstić information content (AvgIpc) is 2.77. The summed E-state index contributed by atoms with van der Waals surface area (Å²) in [7, 11) is 0. The lowest BCUT2D eigenvalue weighted by Crippen LogP contribution is -2.18. The smallest absolute Gasteiger partial charge is 0.147 e. The second kappa shape index (κ2) is 6.58. The first-order valence-electron chi connectivity index (χ1n) is 5.94. The van der Waals surface area contributed by atoms with Crippen LogP contribution in [0.4, 0.5) is 0 Å². The molecule has 1 aromatic carbocycles. The Hall–Kier alpha value is -0.530. The first kappa shape index (κ1) is 13.9. The van der Waals surface area contributed by atoms with Crippen molar-refractivity contribution in [2.75, 3.05) is 6.54 Å². The molecular formula is C13H16IN3S. The fourth-order valence-corrected chi connectivity index (χ4v) is 2.88. The Bertz CT molecular complexity index is 510. The molecule has 0 fully saturated rings. The van der Waals surface area contributed by atoms with Crippen molar-refractivity contribution in [2.24, 2.45) is 5.92 Å². The Morgan fingerprint density at radius 2 is 2.17 bits per heavy atom. The van der Waals surface area contributed by atoms with Crippen LogP contribution in [0.15, 0.2) is 24.3 Å². The van der Waals surface area contributed by atoms with Crippen molar-refractivity contribution in [1.29, 1.82) is 0 Å². The van der Waals surface area contributed by atoms with Crippen molar-refractivity contribution in [2.45, 2.75) is 20.4 Å². The van der Waals surface area contributed by atoms with Crippen LogP contribution >= 0.6 is 33.9 Å². The van der Waals surface area contributed by atoms with Crippen molar-refractivity contribution in [3.05, 3.63) is 32.8 Å². The topological polar surface area (TPSA) is 37.8 Å². The summed E-state index contributed by atoms with van der Waals surface area (Å²) in [6.07, 6.45) is 0. The van der Waals surface area contributed by atoms with Crippen molar-refractivity contribution in [1.82, 2.24) is 15.5 Å². The highest BCUT2D eigenvalue weighted by Gasteiger charge is 2.06. The van der Waals surface area contributed by atoms with E-state index in [-0.39, 0.29) is 0 Å². The highest BCUT2D eigenvalue weighted by atomic mass is 127. The molecule has 1 heterocycles. The van der Waals surface area contributed by atoms with Gasteiger partial charge >= 0.3 is 0 Å². The van der Waals surface area contributed by atoms with Gasteiger partial charge in [-0.3, -0.25) is 0 Å². The first-order chi connectivity index (χ1) is 8.65. The lowest BCUT2D eigenvalue weighted by atomic mass is 10.2. The van der Waals surface area contributed by atoms with Gasteiger partial charge < -0.3 is 5.32 Å². The van der Waals surface area contributed by atoms with E-state index in [1.807, 2.05) is 0 Å². The summed E-state index contributed by atoms with van der Waals surface area (Å²) >= 11 is 3.97. The van der Waals surface area contributed by atoms with E-state index >= 15 is 0 Å². The van der Waals surface area contributed by atoms with Gasteiger partial charge in [0.2, 0.25) is 0 Å². The second-order valence-corrected chi connectivity index (χ2v) is 6.84. The number of hydrogen-bond donors (Lipinski definition) is 1. The number of aromatic nitrogens is 2. The molecule has 0 spiro atoms. The predicted molar refractivity (Wildman–Crippen MR) is 84.6 cm³/mol. The molecule has 0 amide bonds. The third-order valence-electron chi connectivity index (χ3n) is 2.37.